The van der Waals surface area contributed by atoms with Crippen LogP contribution in [0.15, 0.2) is 82.2 Å². The Kier molecular flexibility index (Phi) is 14.2. The third-order valence-corrected chi connectivity index (χ3v) is 7.27. The van der Waals surface area contributed by atoms with Gasteiger partial charge in [-0.25, -0.2) is 9.37 Å². The zero-order valence-electron chi connectivity index (χ0n) is 24.5. The lowest BCUT2D eigenvalue weighted by atomic mass is 10.00. The second-order valence-electron chi connectivity index (χ2n) is 8.55. The third-order valence-electron chi connectivity index (χ3n) is 6.16. The average molecular weight is 570 g/mol. The second kappa shape index (κ2) is 16.2. The number of allylic oxidation sites excluding steroid dienone is 7. The number of rotatable bonds is 3. The SMILES string of the molecule is C=C.C=C/C(F)=C(\C)n1cc(C2=CC3=C(C=NC(C)=C(C)C3)CS2)c(=O)c2nc(C)c(C)cc21.CC.CCCl. The minimum absolute atomic E-state index is 0.139. The standard InChI is InChI=1S/C26H26FN3OS.C2H5Cl.C2H6.C2H4/c1-7-22(27)18(6)30-12-21(26(31)25-23(30)9-15(3)17(5)29-25)24-10-19-8-14(2)16(4)28-11-20(19)13-32-24;1-2-3;2*1-2/h7,9-12H,1,8,13H2,2-6H3;2H2,1H3;1-2H3;1-2H2/b22-18-;;;. The summed E-state index contributed by atoms with van der Waals surface area (Å²) in [4.78, 5) is 23.6. The van der Waals surface area contributed by atoms with Gasteiger partial charge in [-0.15, -0.1) is 36.5 Å². The van der Waals surface area contributed by atoms with Crippen molar-refractivity contribution in [2.45, 2.75) is 61.8 Å². The van der Waals surface area contributed by atoms with Crippen LogP contribution in [-0.4, -0.2) is 27.4 Å². The first-order valence-corrected chi connectivity index (χ1v) is 14.5. The van der Waals surface area contributed by atoms with Crippen LogP contribution in [-0.2, 0) is 0 Å². The number of halogens is 2. The van der Waals surface area contributed by atoms with Crippen LogP contribution in [0.4, 0.5) is 4.39 Å². The topological polar surface area (TPSA) is 47.2 Å². The minimum Gasteiger partial charge on any atom is -0.315 e. The van der Waals surface area contributed by atoms with E-state index in [1.807, 2.05) is 53.8 Å². The predicted octanol–water partition coefficient (Wildman–Crippen LogP) is 9.58. The number of alkyl halides is 1. The van der Waals surface area contributed by atoms with Gasteiger partial charge in [0.05, 0.1) is 16.8 Å². The maximum atomic E-state index is 14.5. The van der Waals surface area contributed by atoms with Crippen molar-refractivity contribution in [1.82, 2.24) is 9.55 Å². The lowest BCUT2D eigenvalue weighted by molar-refractivity contribution is 0.663. The largest absolute Gasteiger partial charge is 0.315 e. The number of hydrogen-bond donors (Lipinski definition) is 0. The molecule has 4 rings (SSSR count). The molecule has 2 aromatic rings. The van der Waals surface area contributed by atoms with Crippen molar-refractivity contribution < 1.29 is 4.39 Å². The fourth-order valence-corrected chi connectivity index (χ4v) is 4.92. The monoisotopic (exact) mass is 569 g/mol. The number of fused-ring (bicyclic) bond motifs is 1. The Balaban J connectivity index is 0.000000996. The molecular formula is C32H41ClFN3OS. The van der Waals surface area contributed by atoms with Crippen molar-refractivity contribution in [2.24, 2.45) is 4.99 Å². The maximum absolute atomic E-state index is 14.5. The molecule has 0 saturated heterocycles. The fraction of sp³-hybridized carbons (Fsp3) is 0.344. The van der Waals surface area contributed by atoms with Gasteiger partial charge in [0.15, 0.2) is 0 Å². The van der Waals surface area contributed by atoms with Crippen LogP contribution >= 0.6 is 23.4 Å². The smallest absolute Gasteiger partial charge is 0.216 e. The van der Waals surface area contributed by atoms with Crippen LogP contribution in [0.1, 0.15) is 64.8 Å². The zero-order chi connectivity index (χ0) is 29.9. The molecule has 0 bridgehead atoms. The van der Waals surface area contributed by atoms with Gasteiger partial charge in [0.1, 0.15) is 11.3 Å². The first-order chi connectivity index (χ1) is 18.6. The fourth-order valence-electron chi connectivity index (χ4n) is 3.82. The molecular weight excluding hydrogens is 529 g/mol. The van der Waals surface area contributed by atoms with E-state index >= 15 is 0 Å². The highest BCUT2D eigenvalue weighted by molar-refractivity contribution is 8.08. The van der Waals surface area contributed by atoms with Gasteiger partial charge >= 0.3 is 0 Å². The first kappa shape index (κ1) is 34.1. The highest BCUT2D eigenvalue weighted by atomic mass is 35.5. The molecule has 0 atom stereocenters. The number of aryl methyl sites for hydroxylation is 2. The summed E-state index contributed by atoms with van der Waals surface area (Å²) in [6, 6.07) is 1.89. The summed E-state index contributed by atoms with van der Waals surface area (Å²) in [6.07, 6.45) is 7.73. The second-order valence-corrected chi connectivity index (χ2v) is 10.1. The molecule has 0 spiro atoms. The van der Waals surface area contributed by atoms with Gasteiger partial charge in [-0.3, -0.25) is 9.79 Å². The molecule has 0 unspecified atom stereocenters. The maximum Gasteiger partial charge on any atom is 0.216 e. The molecule has 0 radical (unpaired) electrons. The molecule has 0 fully saturated rings. The summed E-state index contributed by atoms with van der Waals surface area (Å²) in [5.74, 6) is 1.02. The molecule has 0 saturated carbocycles. The number of pyridine rings is 2. The Hall–Kier alpha value is -2.96. The van der Waals surface area contributed by atoms with Crippen molar-refractivity contribution in [1.29, 1.82) is 0 Å². The highest BCUT2D eigenvalue weighted by Crippen LogP contribution is 2.38. The summed E-state index contributed by atoms with van der Waals surface area (Å²) in [5.41, 5.74) is 8.01. The van der Waals surface area contributed by atoms with E-state index in [1.165, 1.54) is 22.8 Å². The number of aliphatic imine (C=N–C) groups is 1. The number of hydrogen-bond acceptors (Lipinski definition) is 4. The van der Waals surface area contributed by atoms with E-state index in [9.17, 15) is 9.18 Å². The molecule has 39 heavy (non-hydrogen) atoms. The van der Waals surface area contributed by atoms with Gasteiger partial charge in [0.2, 0.25) is 5.43 Å². The van der Waals surface area contributed by atoms with E-state index in [1.54, 1.807) is 29.4 Å². The van der Waals surface area contributed by atoms with E-state index in [4.69, 9.17) is 11.6 Å². The van der Waals surface area contributed by atoms with Crippen molar-refractivity contribution in [3.63, 3.8) is 0 Å². The van der Waals surface area contributed by atoms with Gasteiger partial charge in [-0.05, 0) is 81.5 Å². The Morgan fingerprint density at radius 2 is 1.82 bits per heavy atom. The summed E-state index contributed by atoms with van der Waals surface area (Å²) in [7, 11) is 0. The molecule has 7 heteroatoms. The van der Waals surface area contributed by atoms with Crippen LogP contribution in [0.2, 0.25) is 0 Å². The molecule has 2 aliphatic heterocycles. The van der Waals surface area contributed by atoms with Crippen molar-refractivity contribution in [2.75, 3.05) is 11.6 Å². The number of aromatic nitrogens is 2. The zero-order valence-corrected chi connectivity index (χ0v) is 26.1. The molecule has 0 N–H and O–H groups in total. The number of nitrogens with zero attached hydrogens (tertiary/aromatic N) is 3. The van der Waals surface area contributed by atoms with Crippen LogP contribution in [0.25, 0.3) is 21.6 Å². The van der Waals surface area contributed by atoms with Crippen molar-refractivity contribution >= 4 is 51.2 Å². The first-order valence-electron chi connectivity index (χ1n) is 13.0. The molecule has 2 aliphatic rings. The molecule has 2 aromatic heterocycles. The Morgan fingerprint density at radius 1 is 1.21 bits per heavy atom. The van der Waals surface area contributed by atoms with E-state index in [-0.39, 0.29) is 5.43 Å². The van der Waals surface area contributed by atoms with E-state index in [2.05, 4.69) is 42.7 Å². The average Bonchev–Trinajstić information content (AvgIpc) is 3.09. The predicted molar refractivity (Wildman–Crippen MR) is 174 cm³/mol. The van der Waals surface area contributed by atoms with Crippen LogP contribution in [0.5, 0.6) is 0 Å². The minimum atomic E-state index is -0.439. The van der Waals surface area contributed by atoms with Gasteiger partial charge in [-0.1, -0.05) is 27.4 Å². The van der Waals surface area contributed by atoms with Crippen molar-refractivity contribution in [3.8, 4) is 0 Å². The Morgan fingerprint density at radius 3 is 2.41 bits per heavy atom. The lowest BCUT2D eigenvalue weighted by Gasteiger charge is -2.20. The molecule has 0 aromatic carbocycles. The van der Waals surface area contributed by atoms with E-state index in [0.29, 0.717) is 22.3 Å². The number of thioether (sulfide) groups is 1. The molecule has 210 valence electrons. The highest BCUT2D eigenvalue weighted by Gasteiger charge is 2.22. The summed E-state index contributed by atoms with van der Waals surface area (Å²) in [5, 5.41) is 0. The van der Waals surface area contributed by atoms with Crippen LogP contribution in [0, 0.1) is 13.8 Å². The molecule has 0 aliphatic carbocycles. The Bertz CT molecular complexity index is 1430. The van der Waals surface area contributed by atoms with Crippen molar-refractivity contribution in [3.05, 3.63) is 99.4 Å². The van der Waals surface area contributed by atoms with Gasteiger partial charge < -0.3 is 4.57 Å². The van der Waals surface area contributed by atoms with Crippen LogP contribution < -0.4 is 5.43 Å². The molecule has 4 heterocycles. The van der Waals surface area contributed by atoms with E-state index in [0.717, 1.165) is 39.9 Å². The molecule has 0 amide bonds. The van der Waals surface area contributed by atoms with Gasteiger partial charge in [0.25, 0.3) is 0 Å². The van der Waals surface area contributed by atoms with Gasteiger partial charge in [-0.2, -0.15) is 0 Å². The summed E-state index contributed by atoms with van der Waals surface area (Å²) >= 11 is 6.60. The quantitative estimate of drug-likeness (QED) is 0.210. The van der Waals surface area contributed by atoms with E-state index < -0.39 is 5.83 Å². The van der Waals surface area contributed by atoms with Gasteiger partial charge in [0, 0.05) is 40.3 Å². The normalized spacial score (nSPS) is 14.9. The lowest BCUT2D eigenvalue weighted by Crippen LogP contribution is -2.17. The summed E-state index contributed by atoms with van der Waals surface area (Å²) in [6.45, 7) is 25.0. The summed E-state index contributed by atoms with van der Waals surface area (Å²) < 4.78 is 16.3. The third kappa shape index (κ3) is 8.02. The Labute approximate surface area is 242 Å². The van der Waals surface area contributed by atoms with Crippen LogP contribution in [0.3, 0.4) is 0 Å². The molecule has 4 nitrogen and oxygen atoms in total.